The topological polar surface area (TPSA) is 104 Å². The number of amides is 2. The SMILES string of the molecule is CC(C)(C)CCNC(=O)c1scnc1NC(=O)c1ccc(O)c(C(F)(F)F)n1. The smallest absolute Gasteiger partial charge is 0.437 e. The zero-order chi connectivity index (χ0) is 21.1. The third-order valence-corrected chi connectivity index (χ3v) is 4.37. The fourth-order valence-electron chi connectivity index (χ4n) is 2.09. The monoisotopic (exact) mass is 416 g/mol. The summed E-state index contributed by atoms with van der Waals surface area (Å²) >= 11 is 0.984. The van der Waals surface area contributed by atoms with E-state index >= 15 is 0 Å². The van der Waals surface area contributed by atoms with E-state index in [9.17, 15) is 27.9 Å². The zero-order valence-electron chi connectivity index (χ0n) is 15.3. The Morgan fingerprint density at radius 3 is 2.46 bits per heavy atom. The first-order valence-corrected chi connectivity index (χ1v) is 9.07. The van der Waals surface area contributed by atoms with Crippen LogP contribution >= 0.6 is 11.3 Å². The fourth-order valence-corrected chi connectivity index (χ4v) is 2.74. The van der Waals surface area contributed by atoms with Crippen LogP contribution in [0.3, 0.4) is 0 Å². The van der Waals surface area contributed by atoms with E-state index in [2.05, 4.69) is 20.6 Å². The van der Waals surface area contributed by atoms with Crippen LogP contribution in [0.4, 0.5) is 19.0 Å². The number of hydrogen-bond donors (Lipinski definition) is 3. The first-order valence-electron chi connectivity index (χ1n) is 8.19. The quantitative estimate of drug-likeness (QED) is 0.690. The number of anilines is 1. The van der Waals surface area contributed by atoms with Crippen LogP contribution in [0.15, 0.2) is 17.6 Å². The number of aromatic hydroxyl groups is 1. The lowest BCUT2D eigenvalue weighted by Gasteiger charge is -2.17. The third kappa shape index (κ3) is 5.65. The van der Waals surface area contributed by atoms with Gasteiger partial charge in [-0.1, -0.05) is 20.8 Å². The van der Waals surface area contributed by atoms with Crippen LogP contribution in [0.1, 0.15) is 53.0 Å². The molecular formula is C17H19F3N4O3S. The molecule has 7 nitrogen and oxygen atoms in total. The minimum Gasteiger partial charge on any atom is -0.506 e. The molecule has 2 aromatic rings. The first-order chi connectivity index (χ1) is 12.9. The molecule has 2 amide bonds. The zero-order valence-corrected chi connectivity index (χ0v) is 16.2. The molecular weight excluding hydrogens is 397 g/mol. The lowest BCUT2D eigenvalue weighted by molar-refractivity contribution is -0.142. The molecule has 3 N–H and O–H groups in total. The predicted molar refractivity (Wildman–Crippen MR) is 97.4 cm³/mol. The molecule has 0 saturated carbocycles. The molecule has 2 aromatic heterocycles. The Hall–Kier alpha value is -2.69. The molecule has 2 rings (SSSR count). The lowest BCUT2D eigenvalue weighted by atomic mass is 9.92. The number of carbonyl (C=O) groups is 2. The minimum atomic E-state index is -4.92. The van der Waals surface area contributed by atoms with Gasteiger partial charge >= 0.3 is 6.18 Å². The van der Waals surface area contributed by atoms with Gasteiger partial charge in [0.2, 0.25) is 0 Å². The van der Waals surface area contributed by atoms with Gasteiger partial charge in [-0.15, -0.1) is 11.3 Å². The van der Waals surface area contributed by atoms with Gasteiger partial charge in [-0.3, -0.25) is 9.59 Å². The van der Waals surface area contributed by atoms with Gasteiger partial charge in [-0.25, -0.2) is 9.97 Å². The first kappa shape index (κ1) is 21.6. The lowest BCUT2D eigenvalue weighted by Crippen LogP contribution is -2.27. The standard InChI is InChI=1S/C17H19F3N4O3S/c1-16(2,3)6-7-21-15(27)11-13(22-8-28-11)24-14(26)9-4-5-10(25)12(23-9)17(18,19)20/h4-5,8,25H,6-7H2,1-3H3,(H,21,27)(H,24,26). The second-order valence-corrected chi connectivity index (χ2v) is 7.97. The minimum absolute atomic E-state index is 0.0265. The summed E-state index contributed by atoms with van der Waals surface area (Å²) in [4.78, 5) is 31.7. The number of pyridine rings is 1. The number of aromatic nitrogens is 2. The summed E-state index contributed by atoms with van der Waals surface area (Å²) < 4.78 is 38.5. The molecule has 0 fully saturated rings. The molecule has 2 heterocycles. The van der Waals surface area contributed by atoms with Crippen molar-refractivity contribution in [1.29, 1.82) is 0 Å². The molecule has 0 saturated heterocycles. The van der Waals surface area contributed by atoms with Crippen molar-refractivity contribution in [3.05, 3.63) is 33.9 Å². The van der Waals surface area contributed by atoms with Crippen molar-refractivity contribution >= 4 is 29.0 Å². The van der Waals surface area contributed by atoms with E-state index in [0.29, 0.717) is 6.54 Å². The molecule has 152 valence electrons. The highest BCUT2D eigenvalue weighted by Crippen LogP contribution is 2.34. The maximum atomic E-state index is 12.8. The van der Waals surface area contributed by atoms with Gasteiger partial charge in [0.1, 0.15) is 16.3 Å². The molecule has 0 aromatic carbocycles. The van der Waals surface area contributed by atoms with Gasteiger partial charge < -0.3 is 15.7 Å². The van der Waals surface area contributed by atoms with Gasteiger partial charge in [0, 0.05) is 6.54 Å². The fraction of sp³-hybridized carbons (Fsp3) is 0.412. The second-order valence-electron chi connectivity index (χ2n) is 7.11. The summed E-state index contributed by atoms with van der Waals surface area (Å²) in [7, 11) is 0. The van der Waals surface area contributed by atoms with Crippen molar-refractivity contribution in [2.45, 2.75) is 33.4 Å². The van der Waals surface area contributed by atoms with Crippen molar-refractivity contribution in [3.8, 4) is 5.75 Å². The van der Waals surface area contributed by atoms with E-state index < -0.39 is 35.1 Å². The van der Waals surface area contributed by atoms with Gasteiger partial charge in [0.05, 0.1) is 5.51 Å². The Morgan fingerprint density at radius 2 is 1.86 bits per heavy atom. The van der Waals surface area contributed by atoms with Crippen LogP contribution < -0.4 is 10.6 Å². The molecule has 0 bridgehead atoms. The highest BCUT2D eigenvalue weighted by atomic mass is 32.1. The van der Waals surface area contributed by atoms with Crippen molar-refractivity contribution in [2.24, 2.45) is 5.41 Å². The molecule has 0 aliphatic rings. The highest BCUT2D eigenvalue weighted by Gasteiger charge is 2.36. The summed E-state index contributed by atoms with van der Waals surface area (Å²) in [5.41, 5.74) is -0.783. The normalized spacial score (nSPS) is 11.9. The van der Waals surface area contributed by atoms with Crippen LogP contribution in [-0.4, -0.2) is 33.4 Å². The summed E-state index contributed by atoms with van der Waals surface area (Å²) in [6.07, 6.45) is -4.18. The van der Waals surface area contributed by atoms with Gasteiger partial charge in [0.15, 0.2) is 11.5 Å². The largest absolute Gasteiger partial charge is 0.506 e. The van der Waals surface area contributed by atoms with E-state index in [1.807, 2.05) is 20.8 Å². The van der Waals surface area contributed by atoms with E-state index in [-0.39, 0.29) is 16.1 Å². The van der Waals surface area contributed by atoms with Crippen LogP contribution in [0.25, 0.3) is 0 Å². The molecule has 28 heavy (non-hydrogen) atoms. The van der Waals surface area contributed by atoms with Crippen LogP contribution in [0, 0.1) is 5.41 Å². The predicted octanol–water partition coefficient (Wildman–Crippen LogP) is 3.68. The van der Waals surface area contributed by atoms with E-state index in [4.69, 9.17) is 0 Å². The number of nitrogens with one attached hydrogen (secondary N) is 2. The maximum Gasteiger partial charge on any atom is 0.437 e. The van der Waals surface area contributed by atoms with Gasteiger partial charge in [-0.05, 0) is 24.0 Å². The number of carbonyl (C=O) groups excluding carboxylic acids is 2. The van der Waals surface area contributed by atoms with Crippen LogP contribution in [-0.2, 0) is 6.18 Å². The Labute approximate surface area is 163 Å². The van der Waals surface area contributed by atoms with Crippen LogP contribution in [0.2, 0.25) is 0 Å². The molecule has 0 spiro atoms. The van der Waals surface area contributed by atoms with Gasteiger partial charge in [0.25, 0.3) is 11.8 Å². The Kier molecular flexibility index (Phi) is 6.27. The molecule has 0 atom stereocenters. The van der Waals surface area contributed by atoms with E-state index in [0.717, 1.165) is 29.9 Å². The number of thiazole rings is 1. The van der Waals surface area contributed by atoms with Gasteiger partial charge in [-0.2, -0.15) is 13.2 Å². The number of rotatable bonds is 5. The van der Waals surface area contributed by atoms with Crippen molar-refractivity contribution in [2.75, 3.05) is 11.9 Å². The average Bonchev–Trinajstić information content (AvgIpc) is 3.01. The summed E-state index contributed by atoms with van der Waals surface area (Å²) in [5, 5.41) is 14.3. The van der Waals surface area contributed by atoms with Crippen molar-refractivity contribution in [3.63, 3.8) is 0 Å². The number of hydrogen-bond acceptors (Lipinski definition) is 6. The molecule has 0 aliphatic carbocycles. The molecule has 0 radical (unpaired) electrons. The van der Waals surface area contributed by atoms with Crippen LogP contribution in [0.5, 0.6) is 5.75 Å². The molecule has 11 heteroatoms. The van der Waals surface area contributed by atoms with Crippen molar-refractivity contribution < 1.29 is 27.9 Å². The van der Waals surface area contributed by atoms with E-state index in [1.54, 1.807) is 0 Å². The number of nitrogens with zero attached hydrogens (tertiary/aromatic N) is 2. The number of alkyl halides is 3. The summed E-state index contributed by atoms with van der Waals surface area (Å²) in [5.74, 6) is -2.60. The molecule has 0 aliphatic heterocycles. The number of halogens is 3. The maximum absolute atomic E-state index is 12.8. The Bertz CT molecular complexity index is 875. The Morgan fingerprint density at radius 1 is 1.18 bits per heavy atom. The highest BCUT2D eigenvalue weighted by molar-refractivity contribution is 7.12. The van der Waals surface area contributed by atoms with Crippen molar-refractivity contribution in [1.82, 2.24) is 15.3 Å². The summed E-state index contributed by atoms with van der Waals surface area (Å²) in [6.45, 7) is 6.49. The molecule has 0 unspecified atom stereocenters. The third-order valence-electron chi connectivity index (χ3n) is 3.54. The second kappa shape index (κ2) is 8.13. The average molecular weight is 416 g/mol. The summed E-state index contributed by atoms with van der Waals surface area (Å²) in [6, 6.07) is 1.67. The Balaban J connectivity index is 2.12. The van der Waals surface area contributed by atoms with E-state index in [1.165, 1.54) is 5.51 Å².